The summed E-state index contributed by atoms with van der Waals surface area (Å²) in [7, 11) is 10.5. The topological polar surface area (TPSA) is 15.6 Å². The van der Waals surface area contributed by atoms with Crippen LogP contribution < -0.4 is 0 Å². The zero-order valence-corrected chi connectivity index (χ0v) is 9.26. The predicted molar refractivity (Wildman–Crippen MR) is 54.3 cm³/mol. The average Bonchev–Trinajstić information content (AvgIpc) is 1.84. The molecule has 0 saturated carbocycles. The van der Waals surface area contributed by atoms with Gasteiger partial charge in [0.15, 0.2) is 0 Å². The van der Waals surface area contributed by atoms with Gasteiger partial charge < -0.3 is 4.90 Å². The van der Waals surface area contributed by atoms with E-state index in [2.05, 4.69) is 38.0 Å². The second-order valence-electron chi connectivity index (χ2n) is 4.09. The first kappa shape index (κ1) is 11.4. The Kier molecular flexibility index (Phi) is 4.24. The molecule has 12 heavy (non-hydrogen) atoms. The molecule has 0 amide bonds. The first-order chi connectivity index (χ1) is 5.39. The van der Waals surface area contributed by atoms with Crippen molar-refractivity contribution in [3.8, 4) is 0 Å². The van der Waals surface area contributed by atoms with Gasteiger partial charge in [-0.2, -0.15) is 0 Å². The summed E-state index contributed by atoms with van der Waals surface area (Å²) in [6, 6.07) is 0. The van der Waals surface area contributed by atoms with E-state index in [4.69, 9.17) is 0 Å². The molecular formula is C9H22N3+. The van der Waals surface area contributed by atoms with Gasteiger partial charge in [-0.3, -0.25) is 4.48 Å². The smallest absolute Gasteiger partial charge is 0.299 e. The summed E-state index contributed by atoms with van der Waals surface area (Å²) < 4.78 is 0.785. The van der Waals surface area contributed by atoms with Crippen molar-refractivity contribution in [2.45, 2.75) is 13.3 Å². The Morgan fingerprint density at radius 3 is 2.00 bits per heavy atom. The lowest BCUT2D eigenvalue weighted by Crippen LogP contribution is -2.49. The monoisotopic (exact) mass is 172 g/mol. The highest BCUT2D eigenvalue weighted by Crippen LogP contribution is 1.98. The van der Waals surface area contributed by atoms with Crippen LogP contribution in [0.4, 0.5) is 0 Å². The number of hydrogen-bond donors (Lipinski definition) is 0. The quantitative estimate of drug-likeness (QED) is 0.345. The molecule has 0 atom stereocenters. The van der Waals surface area contributed by atoms with Crippen LogP contribution in [0.5, 0.6) is 0 Å². The fourth-order valence-corrected chi connectivity index (χ4v) is 1.17. The SMILES string of the molecule is CCCN=C(N(C)C)[N+](C)(C)C. The Balaban J connectivity index is 4.44. The highest BCUT2D eigenvalue weighted by Gasteiger charge is 2.19. The third kappa shape index (κ3) is 3.72. The first-order valence-corrected chi connectivity index (χ1v) is 4.43. The second kappa shape index (κ2) is 4.45. The summed E-state index contributed by atoms with van der Waals surface area (Å²) in [5.74, 6) is 1.12. The molecule has 0 rings (SSSR count). The maximum atomic E-state index is 4.53. The van der Waals surface area contributed by atoms with Crippen molar-refractivity contribution in [1.82, 2.24) is 4.90 Å². The molecule has 0 aromatic carbocycles. The third-order valence-corrected chi connectivity index (χ3v) is 1.48. The summed E-state index contributed by atoms with van der Waals surface area (Å²) in [6.07, 6.45) is 1.11. The molecule has 0 aliphatic heterocycles. The van der Waals surface area contributed by atoms with Crippen LogP contribution in [0.1, 0.15) is 13.3 Å². The van der Waals surface area contributed by atoms with Crippen molar-refractivity contribution in [3.63, 3.8) is 0 Å². The third-order valence-electron chi connectivity index (χ3n) is 1.48. The van der Waals surface area contributed by atoms with Crippen LogP contribution in [0.15, 0.2) is 4.99 Å². The van der Waals surface area contributed by atoms with E-state index >= 15 is 0 Å². The van der Waals surface area contributed by atoms with Gasteiger partial charge in [-0.1, -0.05) is 6.92 Å². The largest absolute Gasteiger partial charge is 0.317 e. The minimum Gasteiger partial charge on any atom is -0.317 e. The zero-order chi connectivity index (χ0) is 9.78. The van der Waals surface area contributed by atoms with Gasteiger partial charge in [0.05, 0.1) is 21.1 Å². The molecule has 0 N–H and O–H groups in total. The number of rotatable bonds is 2. The highest BCUT2D eigenvalue weighted by atomic mass is 15.4. The van der Waals surface area contributed by atoms with Gasteiger partial charge in [0.1, 0.15) is 0 Å². The van der Waals surface area contributed by atoms with E-state index in [1.54, 1.807) is 0 Å². The van der Waals surface area contributed by atoms with E-state index in [-0.39, 0.29) is 0 Å². The van der Waals surface area contributed by atoms with Crippen LogP contribution in [0.2, 0.25) is 0 Å². The van der Waals surface area contributed by atoms with Crippen molar-refractivity contribution in [3.05, 3.63) is 0 Å². The molecule has 0 fully saturated rings. The molecule has 0 aromatic rings. The number of guanidine groups is 1. The summed E-state index contributed by atoms with van der Waals surface area (Å²) in [4.78, 5) is 6.61. The Bertz CT molecular complexity index is 154. The van der Waals surface area contributed by atoms with E-state index in [0.717, 1.165) is 23.4 Å². The number of quaternary nitrogens is 1. The lowest BCUT2D eigenvalue weighted by molar-refractivity contribution is -0.782. The van der Waals surface area contributed by atoms with Crippen molar-refractivity contribution >= 4 is 5.96 Å². The van der Waals surface area contributed by atoms with Crippen LogP contribution >= 0.6 is 0 Å². The van der Waals surface area contributed by atoms with E-state index in [1.165, 1.54) is 0 Å². The highest BCUT2D eigenvalue weighted by molar-refractivity contribution is 5.72. The normalized spacial score (nSPS) is 13.3. The summed E-state index contributed by atoms with van der Waals surface area (Å²) >= 11 is 0. The van der Waals surface area contributed by atoms with Gasteiger partial charge in [0.2, 0.25) is 0 Å². The molecular weight excluding hydrogens is 150 g/mol. The van der Waals surface area contributed by atoms with Crippen molar-refractivity contribution < 1.29 is 4.48 Å². The van der Waals surface area contributed by atoms with Crippen LogP contribution in [0.25, 0.3) is 0 Å². The standard InChI is InChI=1S/C9H22N3/c1-7-8-10-9(11(2)3)12(4,5)6/h7-8H2,1-6H3/q+1. The van der Waals surface area contributed by atoms with Crippen molar-refractivity contribution in [2.75, 3.05) is 41.8 Å². The molecule has 0 aromatic heterocycles. The molecule has 0 aliphatic carbocycles. The molecule has 3 heteroatoms. The molecule has 0 spiro atoms. The minimum absolute atomic E-state index is 0.785. The number of hydrogen-bond acceptors (Lipinski definition) is 1. The van der Waals surface area contributed by atoms with Crippen LogP contribution in [-0.2, 0) is 0 Å². The maximum absolute atomic E-state index is 4.53. The van der Waals surface area contributed by atoms with Gasteiger partial charge in [-0.05, 0) is 6.42 Å². The predicted octanol–water partition coefficient (Wildman–Crippen LogP) is 1.02. The van der Waals surface area contributed by atoms with Gasteiger partial charge >= 0.3 is 0 Å². The summed E-state index contributed by atoms with van der Waals surface area (Å²) in [5, 5.41) is 0. The molecule has 0 heterocycles. The molecule has 0 radical (unpaired) electrons. The average molecular weight is 172 g/mol. The first-order valence-electron chi connectivity index (χ1n) is 4.43. The van der Waals surface area contributed by atoms with E-state index in [1.807, 2.05) is 14.1 Å². The second-order valence-corrected chi connectivity index (χ2v) is 4.09. The van der Waals surface area contributed by atoms with Crippen LogP contribution in [0.3, 0.4) is 0 Å². The van der Waals surface area contributed by atoms with E-state index < -0.39 is 0 Å². The summed E-state index contributed by atoms with van der Waals surface area (Å²) in [5.41, 5.74) is 0. The number of aliphatic imine (C=N–C) groups is 1. The van der Waals surface area contributed by atoms with E-state index in [9.17, 15) is 0 Å². The Morgan fingerprint density at radius 2 is 1.75 bits per heavy atom. The van der Waals surface area contributed by atoms with Gasteiger partial charge in [-0.15, -0.1) is 0 Å². The van der Waals surface area contributed by atoms with Crippen molar-refractivity contribution in [1.29, 1.82) is 0 Å². The molecule has 72 valence electrons. The molecule has 0 saturated heterocycles. The Labute approximate surface area is 76.3 Å². The maximum Gasteiger partial charge on any atom is 0.299 e. The molecule has 0 bridgehead atoms. The Hall–Kier alpha value is -0.570. The van der Waals surface area contributed by atoms with Gasteiger partial charge in [0, 0.05) is 20.6 Å². The van der Waals surface area contributed by atoms with Crippen LogP contribution in [-0.4, -0.2) is 57.1 Å². The fraction of sp³-hybridized carbons (Fsp3) is 0.889. The van der Waals surface area contributed by atoms with E-state index in [0.29, 0.717) is 0 Å². The van der Waals surface area contributed by atoms with Crippen molar-refractivity contribution in [2.24, 2.45) is 4.99 Å². The molecule has 0 unspecified atom stereocenters. The lowest BCUT2D eigenvalue weighted by Gasteiger charge is -2.28. The molecule has 3 nitrogen and oxygen atoms in total. The number of nitrogens with zero attached hydrogens (tertiary/aromatic N) is 3. The lowest BCUT2D eigenvalue weighted by atomic mass is 10.5. The minimum atomic E-state index is 0.785. The fourth-order valence-electron chi connectivity index (χ4n) is 1.17. The zero-order valence-electron chi connectivity index (χ0n) is 9.26. The van der Waals surface area contributed by atoms with Gasteiger partial charge in [-0.25, -0.2) is 4.99 Å². The van der Waals surface area contributed by atoms with Gasteiger partial charge in [0.25, 0.3) is 5.96 Å². The molecule has 0 aliphatic rings. The van der Waals surface area contributed by atoms with Crippen LogP contribution in [0, 0.1) is 0 Å². The Morgan fingerprint density at radius 1 is 1.25 bits per heavy atom. The summed E-state index contributed by atoms with van der Waals surface area (Å²) in [6.45, 7) is 3.06.